The smallest absolute Gasteiger partial charge is 0.254 e. The molecule has 0 N–H and O–H groups in total. The standard InChI is InChI=1S/C18H20ClNO3S/c1-3-7-23-17-14(19)9-13(10-15(17)22-2)18(21)20-6-4-16-12(11-20)5-8-24-16/h5,8-10H,3-4,6-7,11H2,1-2H3. The van der Waals surface area contributed by atoms with Crippen molar-refractivity contribution >= 4 is 28.8 Å². The number of benzene rings is 1. The van der Waals surface area contributed by atoms with E-state index in [1.54, 1.807) is 30.6 Å². The molecule has 0 saturated carbocycles. The molecule has 2 heterocycles. The molecule has 0 atom stereocenters. The predicted molar refractivity (Wildman–Crippen MR) is 96.6 cm³/mol. The number of halogens is 1. The minimum Gasteiger partial charge on any atom is -0.493 e. The summed E-state index contributed by atoms with van der Waals surface area (Å²) in [6.07, 6.45) is 1.78. The fourth-order valence-electron chi connectivity index (χ4n) is 2.79. The highest BCUT2D eigenvalue weighted by molar-refractivity contribution is 7.10. The van der Waals surface area contributed by atoms with Crippen molar-refractivity contribution in [2.24, 2.45) is 0 Å². The van der Waals surface area contributed by atoms with Gasteiger partial charge in [0.25, 0.3) is 5.91 Å². The number of rotatable bonds is 5. The number of carbonyl (C=O) groups excluding carboxylic acids is 1. The molecule has 3 rings (SSSR count). The van der Waals surface area contributed by atoms with Crippen LogP contribution in [0.4, 0.5) is 0 Å². The van der Waals surface area contributed by atoms with E-state index in [1.807, 2.05) is 11.8 Å². The van der Waals surface area contributed by atoms with E-state index in [-0.39, 0.29) is 5.91 Å². The van der Waals surface area contributed by atoms with Gasteiger partial charge in [0, 0.05) is 23.5 Å². The van der Waals surface area contributed by atoms with Crippen LogP contribution in [-0.4, -0.2) is 31.1 Å². The Morgan fingerprint density at radius 2 is 2.25 bits per heavy atom. The van der Waals surface area contributed by atoms with Crippen molar-refractivity contribution < 1.29 is 14.3 Å². The van der Waals surface area contributed by atoms with E-state index in [4.69, 9.17) is 21.1 Å². The molecule has 1 aromatic heterocycles. The Morgan fingerprint density at radius 3 is 3.00 bits per heavy atom. The Morgan fingerprint density at radius 1 is 1.42 bits per heavy atom. The summed E-state index contributed by atoms with van der Waals surface area (Å²) in [6.45, 7) is 3.94. The van der Waals surface area contributed by atoms with Gasteiger partial charge >= 0.3 is 0 Å². The summed E-state index contributed by atoms with van der Waals surface area (Å²) in [4.78, 5) is 16.1. The minimum atomic E-state index is -0.0332. The van der Waals surface area contributed by atoms with Crippen LogP contribution in [0.5, 0.6) is 11.5 Å². The van der Waals surface area contributed by atoms with Crippen molar-refractivity contribution in [2.45, 2.75) is 26.3 Å². The summed E-state index contributed by atoms with van der Waals surface area (Å²) in [6, 6.07) is 5.47. The lowest BCUT2D eigenvalue weighted by molar-refractivity contribution is 0.0735. The minimum absolute atomic E-state index is 0.0332. The van der Waals surface area contributed by atoms with Crippen molar-refractivity contribution in [1.82, 2.24) is 4.90 Å². The molecule has 1 aliphatic rings. The number of thiophene rings is 1. The van der Waals surface area contributed by atoms with E-state index in [0.717, 1.165) is 19.4 Å². The highest BCUT2D eigenvalue weighted by Gasteiger charge is 2.24. The molecular formula is C18H20ClNO3S. The van der Waals surface area contributed by atoms with E-state index < -0.39 is 0 Å². The van der Waals surface area contributed by atoms with E-state index in [2.05, 4.69) is 11.4 Å². The fraction of sp³-hybridized carbons (Fsp3) is 0.389. The topological polar surface area (TPSA) is 38.8 Å². The first-order valence-corrected chi connectivity index (χ1v) is 9.24. The van der Waals surface area contributed by atoms with Crippen LogP contribution in [0.3, 0.4) is 0 Å². The van der Waals surface area contributed by atoms with Crippen LogP contribution in [0.2, 0.25) is 5.02 Å². The van der Waals surface area contributed by atoms with Crippen LogP contribution in [-0.2, 0) is 13.0 Å². The molecule has 0 spiro atoms. The van der Waals surface area contributed by atoms with Gasteiger partial charge in [-0.15, -0.1) is 11.3 Å². The summed E-state index contributed by atoms with van der Waals surface area (Å²) in [5, 5.41) is 2.48. The quantitative estimate of drug-likeness (QED) is 0.788. The highest BCUT2D eigenvalue weighted by Crippen LogP contribution is 2.37. The molecule has 0 radical (unpaired) electrons. The molecule has 2 aromatic rings. The third-order valence-electron chi connectivity index (χ3n) is 4.02. The van der Waals surface area contributed by atoms with Crippen molar-refractivity contribution in [2.75, 3.05) is 20.3 Å². The Bertz CT molecular complexity index is 744. The second-order valence-corrected chi connectivity index (χ2v) is 7.09. The SMILES string of the molecule is CCCOc1c(Cl)cc(C(=O)N2CCc3sccc3C2)cc1OC. The molecule has 0 bridgehead atoms. The van der Waals surface area contributed by atoms with Gasteiger partial charge in [-0.25, -0.2) is 0 Å². The summed E-state index contributed by atoms with van der Waals surface area (Å²) < 4.78 is 11.0. The Kier molecular flexibility index (Phi) is 5.31. The van der Waals surface area contributed by atoms with Gasteiger partial charge in [-0.3, -0.25) is 4.79 Å². The van der Waals surface area contributed by atoms with Crippen molar-refractivity contribution in [3.8, 4) is 11.5 Å². The Hall–Kier alpha value is -1.72. The van der Waals surface area contributed by atoms with Gasteiger partial charge in [-0.2, -0.15) is 0 Å². The number of ether oxygens (including phenoxy) is 2. The lowest BCUT2D eigenvalue weighted by atomic mass is 10.1. The van der Waals surface area contributed by atoms with E-state index in [9.17, 15) is 4.79 Å². The number of nitrogens with zero attached hydrogens (tertiary/aromatic N) is 1. The van der Waals surface area contributed by atoms with Gasteiger partial charge in [0.05, 0.1) is 18.7 Å². The molecule has 1 aliphatic heterocycles. The van der Waals surface area contributed by atoms with Gasteiger partial charge in [0.15, 0.2) is 11.5 Å². The van der Waals surface area contributed by atoms with Crippen LogP contribution in [0.25, 0.3) is 0 Å². The number of fused-ring (bicyclic) bond motifs is 1. The number of hydrogen-bond donors (Lipinski definition) is 0. The van der Waals surface area contributed by atoms with Crippen molar-refractivity contribution in [1.29, 1.82) is 0 Å². The zero-order chi connectivity index (χ0) is 17.1. The van der Waals surface area contributed by atoms with E-state index >= 15 is 0 Å². The fourth-order valence-corrected chi connectivity index (χ4v) is 3.95. The van der Waals surface area contributed by atoms with E-state index in [0.29, 0.717) is 35.2 Å². The second-order valence-electron chi connectivity index (χ2n) is 5.68. The first kappa shape index (κ1) is 17.1. The molecule has 1 aromatic carbocycles. The maximum Gasteiger partial charge on any atom is 0.254 e. The van der Waals surface area contributed by atoms with Gasteiger partial charge < -0.3 is 14.4 Å². The highest BCUT2D eigenvalue weighted by atomic mass is 35.5. The number of methoxy groups -OCH3 is 1. The third-order valence-corrected chi connectivity index (χ3v) is 5.33. The van der Waals surface area contributed by atoms with Crippen LogP contribution >= 0.6 is 22.9 Å². The zero-order valence-electron chi connectivity index (χ0n) is 13.8. The largest absolute Gasteiger partial charge is 0.493 e. The number of hydrogen-bond acceptors (Lipinski definition) is 4. The summed E-state index contributed by atoms with van der Waals surface area (Å²) in [5.41, 5.74) is 1.76. The van der Waals surface area contributed by atoms with Crippen LogP contribution in [0, 0.1) is 0 Å². The lowest BCUT2D eigenvalue weighted by Crippen LogP contribution is -2.35. The third kappa shape index (κ3) is 3.37. The van der Waals surface area contributed by atoms with Gasteiger partial charge in [-0.1, -0.05) is 18.5 Å². The molecule has 6 heteroatoms. The summed E-state index contributed by atoms with van der Waals surface area (Å²) in [5.74, 6) is 0.956. The molecule has 0 fully saturated rings. The van der Waals surface area contributed by atoms with Crippen LogP contribution in [0.1, 0.15) is 34.1 Å². The maximum atomic E-state index is 12.9. The van der Waals surface area contributed by atoms with Crippen LogP contribution < -0.4 is 9.47 Å². The second kappa shape index (κ2) is 7.45. The van der Waals surface area contributed by atoms with Crippen LogP contribution in [0.15, 0.2) is 23.6 Å². The summed E-state index contributed by atoms with van der Waals surface area (Å²) >= 11 is 8.08. The van der Waals surface area contributed by atoms with Gasteiger partial charge in [-0.05, 0) is 42.0 Å². The summed E-state index contributed by atoms with van der Waals surface area (Å²) in [7, 11) is 1.55. The maximum absolute atomic E-state index is 12.9. The average Bonchev–Trinajstić information content (AvgIpc) is 3.07. The molecule has 128 valence electrons. The molecular weight excluding hydrogens is 346 g/mol. The first-order valence-electron chi connectivity index (χ1n) is 7.99. The number of carbonyl (C=O) groups is 1. The van der Waals surface area contributed by atoms with Crippen molar-refractivity contribution in [3.63, 3.8) is 0 Å². The molecule has 0 aliphatic carbocycles. The molecule has 1 amide bonds. The number of amides is 1. The molecule has 4 nitrogen and oxygen atoms in total. The van der Waals surface area contributed by atoms with Gasteiger partial charge in [0.1, 0.15) is 0 Å². The average molecular weight is 366 g/mol. The first-order chi connectivity index (χ1) is 11.6. The van der Waals surface area contributed by atoms with Crippen molar-refractivity contribution in [3.05, 3.63) is 44.6 Å². The monoisotopic (exact) mass is 365 g/mol. The molecule has 24 heavy (non-hydrogen) atoms. The molecule has 0 unspecified atom stereocenters. The zero-order valence-corrected chi connectivity index (χ0v) is 15.4. The normalized spacial score (nSPS) is 13.5. The van der Waals surface area contributed by atoms with E-state index in [1.165, 1.54) is 10.4 Å². The molecule has 0 saturated heterocycles. The lowest BCUT2D eigenvalue weighted by Gasteiger charge is -2.27. The predicted octanol–water partition coefficient (Wildman–Crippen LogP) is 4.40. The Labute approximate surface area is 150 Å². The Balaban J connectivity index is 1.84. The van der Waals surface area contributed by atoms with Gasteiger partial charge in [0.2, 0.25) is 0 Å².